The Bertz CT molecular complexity index is 401. The lowest BCUT2D eigenvalue weighted by atomic mass is 10.2. The van der Waals surface area contributed by atoms with Crippen molar-refractivity contribution in [2.45, 2.75) is 13.0 Å². The molecule has 1 heterocycles. The Hall–Kier alpha value is -0.480. The minimum atomic E-state index is 0.554. The Morgan fingerprint density at radius 2 is 2.28 bits per heavy atom. The summed E-state index contributed by atoms with van der Waals surface area (Å²) in [7, 11) is 0. The standard InChI is InChI=1S/C13H18Cl2N2O/c1-10-9-17(5-4-16-10)6-7-18-13-3-2-11(14)8-12(13)15/h2-3,8,10,16H,4-7,9H2,1H3/t10-/m1/s1. The molecule has 0 aromatic heterocycles. The van der Waals surface area contributed by atoms with Crippen molar-refractivity contribution < 1.29 is 4.74 Å². The van der Waals surface area contributed by atoms with Gasteiger partial charge in [0.05, 0.1) is 5.02 Å². The summed E-state index contributed by atoms with van der Waals surface area (Å²) in [6.45, 7) is 6.95. The lowest BCUT2D eigenvalue weighted by Crippen LogP contribution is -2.50. The number of hydrogen-bond acceptors (Lipinski definition) is 3. The predicted molar refractivity (Wildman–Crippen MR) is 75.9 cm³/mol. The average molecular weight is 289 g/mol. The van der Waals surface area contributed by atoms with Gasteiger partial charge in [0.1, 0.15) is 12.4 Å². The van der Waals surface area contributed by atoms with E-state index in [9.17, 15) is 0 Å². The van der Waals surface area contributed by atoms with Crippen LogP contribution in [-0.2, 0) is 0 Å². The van der Waals surface area contributed by atoms with E-state index in [1.54, 1.807) is 12.1 Å². The molecule has 1 fully saturated rings. The van der Waals surface area contributed by atoms with E-state index < -0.39 is 0 Å². The van der Waals surface area contributed by atoms with E-state index in [-0.39, 0.29) is 0 Å². The molecule has 0 spiro atoms. The molecule has 0 saturated carbocycles. The first kappa shape index (κ1) is 13.9. The molecule has 0 amide bonds. The van der Waals surface area contributed by atoms with Crippen LogP contribution in [0.4, 0.5) is 0 Å². The highest BCUT2D eigenvalue weighted by Gasteiger charge is 2.15. The number of rotatable bonds is 4. The average Bonchev–Trinajstić information content (AvgIpc) is 2.32. The Labute approximate surface area is 118 Å². The molecule has 3 nitrogen and oxygen atoms in total. The molecular weight excluding hydrogens is 271 g/mol. The second kappa shape index (κ2) is 6.62. The van der Waals surface area contributed by atoms with Crippen molar-refractivity contribution in [3.05, 3.63) is 28.2 Å². The molecule has 0 bridgehead atoms. The second-order valence-electron chi connectivity index (χ2n) is 4.58. The first-order chi connectivity index (χ1) is 8.65. The SMILES string of the molecule is C[C@@H]1CN(CCOc2ccc(Cl)cc2Cl)CCN1. The van der Waals surface area contributed by atoms with Gasteiger partial charge in [-0.1, -0.05) is 23.2 Å². The minimum absolute atomic E-state index is 0.554. The number of benzene rings is 1. The maximum absolute atomic E-state index is 6.04. The molecule has 1 aromatic carbocycles. The Balaban J connectivity index is 1.77. The van der Waals surface area contributed by atoms with E-state index in [4.69, 9.17) is 27.9 Å². The third-order valence-electron chi connectivity index (χ3n) is 3.01. The number of halogens is 2. The fraction of sp³-hybridized carbons (Fsp3) is 0.538. The van der Waals surface area contributed by atoms with Crippen LogP contribution in [0.1, 0.15) is 6.92 Å². The van der Waals surface area contributed by atoms with Crippen molar-refractivity contribution in [1.82, 2.24) is 10.2 Å². The zero-order valence-electron chi connectivity index (χ0n) is 10.5. The van der Waals surface area contributed by atoms with Gasteiger partial charge in [-0.25, -0.2) is 0 Å². The molecule has 1 aliphatic heterocycles. The Morgan fingerprint density at radius 1 is 1.44 bits per heavy atom. The zero-order chi connectivity index (χ0) is 13.0. The van der Waals surface area contributed by atoms with Crippen molar-refractivity contribution in [1.29, 1.82) is 0 Å². The van der Waals surface area contributed by atoms with Gasteiger partial charge in [-0.05, 0) is 25.1 Å². The first-order valence-corrected chi connectivity index (χ1v) is 6.94. The lowest BCUT2D eigenvalue weighted by molar-refractivity contribution is 0.170. The van der Waals surface area contributed by atoms with Crippen LogP contribution in [0.25, 0.3) is 0 Å². The van der Waals surface area contributed by atoms with Gasteiger partial charge in [-0.3, -0.25) is 4.90 Å². The topological polar surface area (TPSA) is 24.5 Å². The van der Waals surface area contributed by atoms with Gasteiger partial charge >= 0.3 is 0 Å². The molecule has 1 N–H and O–H groups in total. The van der Waals surface area contributed by atoms with Gasteiger partial charge < -0.3 is 10.1 Å². The molecule has 5 heteroatoms. The van der Waals surface area contributed by atoms with Crippen molar-refractivity contribution in [2.75, 3.05) is 32.8 Å². The van der Waals surface area contributed by atoms with Gasteiger partial charge in [0.2, 0.25) is 0 Å². The highest BCUT2D eigenvalue weighted by molar-refractivity contribution is 6.35. The lowest BCUT2D eigenvalue weighted by Gasteiger charge is -2.31. The molecule has 0 aliphatic carbocycles. The summed E-state index contributed by atoms with van der Waals surface area (Å²) >= 11 is 11.9. The first-order valence-electron chi connectivity index (χ1n) is 6.19. The van der Waals surface area contributed by atoms with Crippen molar-refractivity contribution in [3.63, 3.8) is 0 Å². The van der Waals surface area contributed by atoms with E-state index in [0.29, 0.717) is 28.4 Å². The summed E-state index contributed by atoms with van der Waals surface area (Å²) in [5.74, 6) is 0.698. The maximum Gasteiger partial charge on any atom is 0.138 e. The smallest absolute Gasteiger partial charge is 0.138 e. The zero-order valence-corrected chi connectivity index (χ0v) is 12.0. The predicted octanol–water partition coefficient (Wildman–Crippen LogP) is 2.67. The van der Waals surface area contributed by atoms with Crippen molar-refractivity contribution in [3.8, 4) is 5.75 Å². The number of nitrogens with zero attached hydrogens (tertiary/aromatic N) is 1. The highest BCUT2D eigenvalue weighted by atomic mass is 35.5. The third kappa shape index (κ3) is 4.02. The molecular formula is C13H18Cl2N2O. The maximum atomic E-state index is 6.04. The van der Waals surface area contributed by atoms with E-state index in [2.05, 4.69) is 17.1 Å². The van der Waals surface area contributed by atoms with Crippen LogP contribution in [0.2, 0.25) is 10.0 Å². The summed E-state index contributed by atoms with van der Waals surface area (Å²) in [6, 6.07) is 5.85. The molecule has 1 atom stereocenters. The number of nitrogens with one attached hydrogen (secondary N) is 1. The summed E-state index contributed by atoms with van der Waals surface area (Å²) in [5, 5.41) is 4.61. The fourth-order valence-electron chi connectivity index (χ4n) is 2.09. The van der Waals surface area contributed by atoms with E-state index in [1.165, 1.54) is 0 Å². The molecule has 18 heavy (non-hydrogen) atoms. The second-order valence-corrected chi connectivity index (χ2v) is 5.42. The van der Waals surface area contributed by atoms with E-state index in [1.807, 2.05) is 6.07 Å². The van der Waals surface area contributed by atoms with Crippen LogP contribution >= 0.6 is 23.2 Å². The van der Waals surface area contributed by atoms with Crippen molar-refractivity contribution in [2.24, 2.45) is 0 Å². The monoisotopic (exact) mass is 288 g/mol. The molecule has 1 aromatic rings. The minimum Gasteiger partial charge on any atom is -0.491 e. The molecule has 1 saturated heterocycles. The van der Waals surface area contributed by atoms with Crippen molar-refractivity contribution >= 4 is 23.2 Å². The molecule has 2 rings (SSSR count). The van der Waals surface area contributed by atoms with E-state index >= 15 is 0 Å². The van der Waals surface area contributed by atoms with Gasteiger partial charge in [-0.2, -0.15) is 0 Å². The van der Waals surface area contributed by atoms with Gasteiger partial charge in [-0.15, -0.1) is 0 Å². The molecule has 0 radical (unpaired) electrons. The molecule has 1 aliphatic rings. The van der Waals surface area contributed by atoms with Crippen LogP contribution in [-0.4, -0.2) is 43.7 Å². The van der Waals surface area contributed by atoms with Crippen LogP contribution in [0.5, 0.6) is 5.75 Å². The molecule has 0 unspecified atom stereocenters. The number of piperazine rings is 1. The fourth-order valence-corrected chi connectivity index (χ4v) is 2.56. The van der Waals surface area contributed by atoms with Crippen LogP contribution in [0.15, 0.2) is 18.2 Å². The van der Waals surface area contributed by atoms with Crippen LogP contribution in [0.3, 0.4) is 0 Å². The summed E-state index contributed by atoms with van der Waals surface area (Å²) in [5.41, 5.74) is 0. The van der Waals surface area contributed by atoms with E-state index in [0.717, 1.165) is 26.2 Å². The largest absolute Gasteiger partial charge is 0.491 e. The molecule has 100 valence electrons. The summed E-state index contributed by atoms with van der Waals surface area (Å²) in [6.07, 6.45) is 0. The quantitative estimate of drug-likeness (QED) is 0.922. The Morgan fingerprint density at radius 3 is 3.00 bits per heavy atom. The number of ether oxygens (including phenoxy) is 1. The summed E-state index contributed by atoms with van der Waals surface area (Å²) < 4.78 is 5.68. The Kier molecular flexibility index (Phi) is 5.13. The summed E-state index contributed by atoms with van der Waals surface area (Å²) in [4.78, 5) is 2.39. The van der Waals surface area contributed by atoms with Gasteiger partial charge in [0, 0.05) is 37.2 Å². The third-order valence-corrected chi connectivity index (χ3v) is 3.54. The van der Waals surface area contributed by atoms with Gasteiger partial charge in [0.25, 0.3) is 0 Å². The van der Waals surface area contributed by atoms with Crippen LogP contribution < -0.4 is 10.1 Å². The normalized spacial score (nSPS) is 20.9. The van der Waals surface area contributed by atoms with Crippen LogP contribution in [0, 0.1) is 0 Å². The highest BCUT2D eigenvalue weighted by Crippen LogP contribution is 2.27. The van der Waals surface area contributed by atoms with Gasteiger partial charge in [0.15, 0.2) is 0 Å². The number of hydrogen-bond donors (Lipinski definition) is 1.